The van der Waals surface area contributed by atoms with Gasteiger partial charge in [0.05, 0.1) is 5.69 Å². The monoisotopic (exact) mass is 264 g/mol. The molecule has 1 amide bonds. The number of carbonyl (C=O) groups is 1. The average Bonchev–Trinajstić information content (AvgIpc) is 2.83. The van der Waals surface area contributed by atoms with Crippen LogP contribution in [0.4, 0.5) is 5.95 Å². The number of amides is 1. The van der Waals surface area contributed by atoms with E-state index in [9.17, 15) is 4.79 Å². The van der Waals surface area contributed by atoms with Crippen LogP contribution in [-0.2, 0) is 24.8 Å². The smallest absolute Gasteiger partial charge is 0.217 e. The predicted octanol–water partition coefficient (Wildman–Crippen LogP) is 0.570. The molecule has 0 aliphatic rings. The highest BCUT2D eigenvalue weighted by atomic mass is 16.1. The molecule has 2 rings (SSSR count). The number of nitrogens with two attached hydrogens (primary N) is 2. The van der Waals surface area contributed by atoms with Gasteiger partial charge in [0.15, 0.2) is 5.65 Å². The van der Waals surface area contributed by atoms with E-state index in [0.29, 0.717) is 12.4 Å². The zero-order valence-corrected chi connectivity index (χ0v) is 11.4. The van der Waals surface area contributed by atoms with Gasteiger partial charge in [-0.1, -0.05) is 6.92 Å². The summed E-state index contributed by atoms with van der Waals surface area (Å²) < 4.78 is 3.76. The maximum absolute atomic E-state index is 10.7. The summed E-state index contributed by atoms with van der Waals surface area (Å²) >= 11 is 0. The Morgan fingerprint density at radius 3 is 2.74 bits per heavy atom. The molecule has 0 saturated heterocycles. The van der Waals surface area contributed by atoms with Crippen LogP contribution in [0.1, 0.15) is 31.9 Å². The number of nitrogens with zero attached hydrogens (tertiary/aromatic N) is 4. The van der Waals surface area contributed by atoms with E-state index in [1.165, 1.54) is 0 Å². The Morgan fingerprint density at radius 1 is 1.37 bits per heavy atom. The largest absolute Gasteiger partial charge is 0.370 e. The third kappa shape index (κ3) is 2.54. The number of imidazole rings is 1. The second-order valence-corrected chi connectivity index (χ2v) is 4.64. The SMILES string of the molecule is CCc1nn(C)c2c1nc(N)n2CCCCC(N)=O. The van der Waals surface area contributed by atoms with Crippen LogP contribution in [0.15, 0.2) is 0 Å². The number of hydrogen-bond acceptors (Lipinski definition) is 4. The third-order valence-electron chi connectivity index (χ3n) is 3.21. The van der Waals surface area contributed by atoms with E-state index >= 15 is 0 Å². The van der Waals surface area contributed by atoms with E-state index < -0.39 is 0 Å². The second kappa shape index (κ2) is 5.29. The summed E-state index contributed by atoms with van der Waals surface area (Å²) in [7, 11) is 1.89. The van der Waals surface area contributed by atoms with Crippen LogP contribution in [0.2, 0.25) is 0 Å². The van der Waals surface area contributed by atoms with Gasteiger partial charge >= 0.3 is 0 Å². The summed E-state index contributed by atoms with van der Waals surface area (Å²) in [5, 5.41) is 4.43. The lowest BCUT2D eigenvalue weighted by Gasteiger charge is -2.06. The molecular formula is C12H20N6O. The highest BCUT2D eigenvalue weighted by Gasteiger charge is 2.16. The summed E-state index contributed by atoms with van der Waals surface area (Å²) in [4.78, 5) is 15.1. The molecule has 0 bridgehead atoms. The first-order chi connectivity index (χ1) is 9.04. The Kier molecular flexibility index (Phi) is 3.73. The van der Waals surface area contributed by atoms with E-state index in [1.807, 2.05) is 23.2 Å². The fourth-order valence-corrected chi connectivity index (χ4v) is 2.29. The Balaban J connectivity index is 2.20. The van der Waals surface area contributed by atoms with E-state index in [1.54, 1.807) is 0 Å². The Labute approximate surface area is 111 Å². The standard InChI is InChI=1S/C12H20N6O/c1-3-8-10-11(17(2)16-8)18(12(14)15-10)7-5-4-6-9(13)19/h3-7H2,1-2H3,(H2,13,19)(H2,14,15). The molecule has 0 saturated carbocycles. The van der Waals surface area contributed by atoms with Crippen LogP contribution in [0, 0.1) is 0 Å². The Morgan fingerprint density at radius 2 is 2.11 bits per heavy atom. The molecule has 0 radical (unpaired) electrons. The first kappa shape index (κ1) is 13.4. The van der Waals surface area contributed by atoms with Crippen LogP contribution in [0.25, 0.3) is 11.2 Å². The van der Waals surface area contributed by atoms with Crippen molar-refractivity contribution in [1.29, 1.82) is 0 Å². The van der Waals surface area contributed by atoms with Crippen LogP contribution in [-0.4, -0.2) is 25.2 Å². The van der Waals surface area contributed by atoms with Crippen molar-refractivity contribution in [1.82, 2.24) is 19.3 Å². The molecule has 0 spiro atoms. The number of aromatic nitrogens is 4. The van der Waals surface area contributed by atoms with Gasteiger partial charge in [-0.25, -0.2) is 4.98 Å². The van der Waals surface area contributed by atoms with Crippen LogP contribution in [0.3, 0.4) is 0 Å². The number of carbonyl (C=O) groups excluding carboxylic acids is 1. The van der Waals surface area contributed by atoms with E-state index in [2.05, 4.69) is 10.1 Å². The highest BCUT2D eigenvalue weighted by molar-refractivity contribution is 5.77. The maximum Gasteiger partial charge on any atom is 0.217 e. The van der Waals surface area contributed by atoms with Gasteiger partial charge in [0.25, 0.3) is 0 Å². The molecule has 104 valence electrons. The molecule has 0 aliphatic heterocycles. The van der Waals surface area contributed by atoms with E-state index in [4.69, 9.17) is 11.5 Å². The second-order valence-electron chi connectivity index (χ2n) is 4.64. The minimum atomic E-state index is -0.266. The molecule has 0 aliphatic carbocycles. The van der Waals surface area contributed by atoms with E-state index in [-0.39, 0.29) is 5.91 Å². The molecular weight excluding hydrogens is 244 g/mol. The third-order valence-corrected chi connectivity index (χ3v) is 3.21. The molecule has 7 nitrogen and oxygen atoms in total. The normalized spacial score (nSPS) is 11.3. The van der Waals surface area contributed by atoms with Crippen molar-refractivity contribution in [2.24, 2.45) is 12.8 Å². The molecule has 0 aromatic carbocycles. The average molecular weight is 264 g/mol. The Bertz CT molecular complexity index is 597. The molecule has 0 atom stereocenters. The minimum absolute atomic E-state index is 0.266. The van der Waals surface area contributed by atoms with E-state index in [0.717, 1.165) is 42.7 Å². The Hall–Kier alpha value is -2.05. The van der Waals surface area contributed by atoms with Crippen molar-refractivity contribution in [3.8, 4) is 0 Å². The van der Waals surface area contributed by atoms with Gasteiger partial charge < -0.3 is 11.5 Å². The van der Waals surface area contributed by atoms with Gasteiger partial charge in [-0.3, -0.25) is 14.0 Å². The molecule has 19 heavy (non-hydrogen) atoms. The molecule has 7 heteroatoms. The predicted molar refractivity (Wildman–Crippen MR) is 73.3 cm³/mol. The number of unbranched alkanes of at least 4 members (excludes halogenated alkanes) is 1. The number of anilines is 1. The quantitative estimate of drug-likeness (QED) is 0.744. The topological polar surface area (TPSA) is 105 Å². The summed E-state index contributed by atoms with van der Waals surface area (Å²) in [5.74, 6) is 0.231. The number of fused-ring (bicyclic) bond motifs is 1. The summed E-state index contributed by atoms with van der Waals surface area (Å²) in [6, 6.07) is 0. The number of rotatable bonds is 6. The fourth-order valence-electron chi connectivity index (χ4n) is 2.29. The lowest BCUT2D eigenvalue weighted by Crippen LogP contribution is -2.11. The fraction of sp³-hybridized carbons (Fsp3) is 0.583. The molecule has 2 heterocycles. The summed E-state index contributed by atoms with van der Waals surface area (Å²) in [6.07, 6.45) is 2.83. The number of nitrogen functional groups attached to an aromatic ring is 1. The van der Waals surface area contributed by atoms with Crippen molar-refractivity contribution in [2.45, 2.75) is 39.2 Å². The molecule has 0 fully saturated rings. The van der Waals surface area contributed by atoms with Crippen molar-refractivity contribution >= 4 is 23.0 Å². The zero-order chi connectivity index (χ0) is 14.0. The van der Waals surface area contributed by atoms with Gasteiger partial charge in [0.1, 0.15) is 5.52 Å². The van der Waals surface area contributed by atoms with Gasteiger partial charge in [-0.05, 0) is 19.3 Å². The number of hydrogen-bond donors (Lipinski definition) is 2. The maximum atomic E-state index is 10.7. The van der Waals surface area contributed by atoms with Crippen molar-refractivity contribution in [2.75, 3.05) is 5.73 Å². The first-order valence-electron chi connectivity index (χ1n) is 6.50. The minimum Gasteiger partial charge on any atom is -0.370 e. The number of primary amides is 1. The van der Waals surface area contributed by atoms with Crippen LogP contribution >= 0.6 is 0 Å². The molecule has 2 aromatic heterocycles. The van der Waals surface area contributed by atoms with Gasteiger partial charge in [0.2, 0.25) is 11.9 Å². The first-order valence-corrected chi connectivity index (χ1v) is 6.50. The highest BCUT2D eigenvalue weighted by Crippen LogP contribution is 2.21. The number of aryl methyl sites for hydroxylation is 3. The molecule has 0 unspecified atom stereocenters. The molecule has 4 N–H and O–H groups in total. The van der Waals surface area contributed by atoms with Gasteiger partial charge in [0, 0.05) is 20.0 Å². The van der Waals surface area contributed by atoms with Crippen molar-refractivity contribution < 1.29 is 4.79 Å². The zero-order valence-electron chi connectivity index (χ0n) is 11.4. The lowest BCUT2D eigenvalue weighted by atomic mass is 10.2. The van der Waals surface area contributed by atoms with Crippen molar-refractivity contribution in [3.05, 3.63) is 5.69 Å². The van der Waals surface area contributed by atoms with Gasteiger partial charge in [-0.15, -0.1) is 0 Å². The van der Waals surface area contributed by atoms with Crippen LogP contribution in [0.5, 0.6) is 0 Å². The van der Waals surface area contributed by atoms with Crippen molar-refractivity contribution in [3.63, 3.8) is 0 Å². The summed E-state index contributed by atoms with van der Waals surface area (Å²) in [6.45, 7) is 2.77. The lowest BCUT2D eigenvalue weighted by molar-refractivity contribution is -0.118. The summed E-state index contributed by atoms with van der Waals surface area (Å²) in [5.41, 5.74) is 13.8. The van der Waals surface area contributed by atoms with Crippen LogP contribution < -0.4 is 11.5 Å². The van der Waals surface area contributed by atoms with Gasteiger partial charge in [-0.2, -0.15) is 5.10 Å². The molecule has 2 aromatic rings.